The second kappa shape index (κ2) is 17.0. The van der Waals surface area contributed by atoms with Crippen molar-refractivity contribution in [1.82, 2.24) is 4.90 Å². The molecule has 0 amide bonds. The molecular formula is C40H40N2O12S. The Balaban J connectivity index is 1.45. The second-order valence-corrected chi connectivity index (χ2v) is 13.5. The largest absolute Gasteiger partial charge is 0.459 e. The van der Waals surface area contributed by atoms with E-state index in [0.717, 1.165) is 10.5 Å². The average Bonchev–Trinajstić information content (AvgIpc) is 3.68. The standard InChI is InChI=1S/C40H40N2O12S/c1-24-17-19-28(20-18-24)41-23-40(50,34(46)31(45)29(44)21-43)42(39(41)55)35-33(54-38(49)27-15-9-4-10-16-27)32(53-37(48)26-13-7-3-8-14-26)30(52-35)22-51-36(47)25-11-5-2-6-12-25/h2-20,29-35,43-46,50H,21-23H2,1H3/t29-,30-,31-,32+,33-,34+,35-,40?/m1/s1. The van der Waals surface area contributed by atoms with Gasteiger partial charge < -0.3 is 49.4 Å². The summed E-state index contributed by atoms with van der Waals surface area (Å²) in [7, 11) is 0. The summed E-state index contributed by atoms with van der Waals surface area (Å²) in [5.41, 5.74) is -0.804. The number of thiocarbonyl (C=S) groups is 1. The third kappa shape index (κ3) is 8.38. The molecule has 2 aliphatic heterocycles. The van der Waals surface area contributed by atoms with Crippen LogP contribution in [0.2, 0.25) is 0 Å². The van der Waals surface area contributed by atoms with Crippen molar-refractivity contribution in [1.29, 1.82) is 0 Å². The van der Waals surface area contributed by atoms with E-state index < -0.39 is 86.2 Å². The summed E-state index contributed by atoms with van der Waals surface area (Å²) in [5.74, 6) is -2.48. The number of aliphatic hydroxyl groups excluding tert-OH is 4. The van der Waals surface area contributed by atoms with E-state index in [4.69, 9.17) is 31.2 Å². The first-order valence-electron chi connectivity index (χ1n) is 17.4. The summed E-state index contributed by atoms with van der Waals surface area (Å²) in [4.78, 5) is 43.0. The van der Waals surface area contributed by atoms with Crippen LogP contribution in [0.4, 0.5) is 5.69 Å². The molecule has 4 aromatic carbocycles. The number of carbonyl (C=O) groups excluding carboxylic acids is 3. The highest BCUT2D eigenvalue weighted by atomic mass is 32.1. The van der Waals surface area contributed by atoms with E-state index in [9.17, 15) is 39.9 Å². The van der Waals surface area contributed by atoms with Crippen LogP contribution in [0.3, 0.4) is 0 Å². The number of benzene rings is 4. The predicted molar refractivity (Wildman–Crippen MR) is 200 cm³/mol. The number of aliphatic hydroxyl groups is 5. The van der Waals surface area contributed by atoms with Crippen LogP contribution >= 0.6 is 12.2 Å². The Kier molecular flexibility index (Phi) is 12.2. The first-order chi connectivity index (χ1) is 26.4. The number of carbonyl (C=O) groups is 3. The zero-order valence-corrected chi connectivity index (χ0v) is 30.3. The van der Waals surface area contributed by atoms with Gasteiger partial charge >= 0.3 is 17.9 Å². The van der Waals surface area contributed by atoms with E-state index in [-0.39, 0.29) is 21.8 Å². The van der Waals surface area contributed by atoms with Crippen LogP contribution in [-0.4, -0.2) is 122 Å². The van der Waals surface area contributed by atoms with Gasteiger partial charge in [0, 0.05) is 5.69 Å². The minimum Gasteiger partial charge on any atom is -0.459 e. The van der Waals surface area contributed by atoms with Crippen molar-refractivity contribution in [2.75, 3.05) is 24.7 Å². The first kappa shape index (κ1) is 39.4. The van der Waals surface area contributed by atoms with Crippen LogP contribution in [0.15, 0.2) is 115 Å². The van der Waals surface area contributed by atoms with Crippen molar-refractivity contribution in [2.45, 2.75) is 55.5 Å². The fraction of sp³-hybridized carbons (Fsp3) is 0.300. The molecule has 14 nitrogen and oxygen atoms in total. The van der Waals surface area contributed by atoms with Crippen molar-refractivity contribution >= 4 is 40.9 Å². The van der Waals surface area contributed by atoms with Crippen molar-refractivity contribution < 1.29 is 58.9 Å². The molecule has 0 radical (unpaired) electrons. The van der Waals surface area contributed by atoms with Crippen LogP contribution in [0, 0.1) is 6.92 Å². The van der Waals surface area contributed by atoms with Gasteiger partial charge in [0.15, 0.2) is 29.3 Å². The number of hydrogen-bond donors (Lipinski definition) is 5. The number of esters is 3. The van der Waals surface area contributed by atoms with Gasteiger partial charge in [-0.2, -0.15) is 0 Å². The Morgan fingerprint density at radius 2 is 1.27 bits per heavy atom. The maximum absolute atomic E-state index is 13.8. The molecule has 8 atom stereocenters. The molecule has 288 valence electrons. The lowest BCUT2D eigenvalue weighted by Crippen LogP contribution is -2.66. The fourth-order valence-corrected chi connectivity index (χ4v) is 6.85. The molecule has 0 aliphatic carbocycles. The van der Waals surface area contributed by atoms with E-state index in [1.165, 1.54) is 41.3 Å². The highest BCUT2D eigenvalue weighted by molar-refractivity contribution is 7.80. The van der Waals surface area contributed by atoms with Gasteiger partial charge in [-0.3, -0.25) is 4.90 Å². The molecular weight excluding hydrogens is 733 g/mol. The minimum atomic E-state index is -2.62. The van der Waals surface area contributed by atoms with Gasteiger partial charge in [-0.25, -0.2) is 14.4 Å². The highest BCUT2D eigenvalue weighted by Gasteiger charge is 2.63. The van der Waals surface area contributed by atoms with Crippen LogP contribution < -0.4 is 4.90 Å². The molecule has 2 fully saturated rings. The Labute approximate surface area is 321 Å². The van der Waals surface area contributed by atoms with Crippen LogP contribution in [0.1, 0.15) is 36.6 Å². The van der Waals surface area contributed by atoms with Gasteiger partial charge in [0.2, 0.25) is 0 Å². The number of ether oxygens (including phenoxy) is 4. The minimum absolute atomic E-state index is 0.107. The maximum atomic E-state index is 13.8. The number of anilines is 1. The SMILES string of the molecule is Cc1ccc(N2CC(O)([C@@H](O)[C@H](O)[C@H](O)CO)N([C@@H]3O[C@H](COC(=O)c4ccccc4)[C@H](OC(=O)c4ccccc4)[C@H]3OC(=O)c3ccccc3)C2=S)cc1. The van der Waals surface area contributed by atoms with Gasteiger partial charge in [0.25, 0.3) is 0 Å². The van der Waals surface area contributed by atoms with E-state index >= 15 is 0 Å². The monoisotopic (exact) mass is 772 g/mol. The average molecular weight is 773 g/mol. The fourth-order valence-electron chi connectivity index (χ4n) is 6.42. The lowest BCUT2D eigenvalue weighted by Gasteiger charge is -2.42. The zero-order chi connectivity index (χ0) is 39.3. The molecule has 55 heavy (non-hydrogen) atoms. The third-order valence-corrected chi connectivity index (χ3v) is 9.82. The molecule has 0 saturated carbocycles. The molecule has 0 spiro atoms. The van der Waals surface area contributed by atoms with Crippen LogP contribution in [-0.2, 0) is 18.9 Å². The van der Waals surface area contributed by atoms with Crippen LogP contribution in [0.25, 0.3) is 0 Å². The molecule has 0 aromatic heterocycles. The van der Waals surface area contributed by atoms with Crippen molar-refractivity contribution in [2.24, 2.45) is 0 Å². The topological polar surface area (TPSA) is 196 Å². The lowest BCUT2D eigenvalue weighted by atomic mass is 9.96. The van der Waals surface area contributed by atoms with Gasteiger partial charge in [-0.1, -0.05) is 72.3 Å². The smallest absolute Gasteiger partial charge is 0.338 e. The molecule has 1 unspecified atom stereocenters. The van der Waals surface area contributed by atoms with Gasteiger partial charge in [-0.15, -0.1) is 0 Å². The van der Waals surface area contributed by atoms with Crippen molar-refractivity contribution in [3.05, 3.63) is 138 Å². The second-order valence-electron chi connectivity index (χ2n) is 13.1. The highest BCUT2D eigenvalue weighted by Crippen LogP contribution is 2.41. The summed E-state index contributed by atoms with van der Waals surface area (Å²) in [6.07, 6.45) is -12.5. The Hall–Kier alpha value is -5.26. The molecule has 4 aromatic rings. The van der Waals surface area contributed by atoms with Gasteiger partial charge in [0.1, 0.15) is 31.0 Å². The van der Waals surface area contributed by atoms with E-state index in [1.807, 2.05) is 6.92 Å². The molecule has 2 aliphatic rings. The summed E-state index contributed by atoms with van der Waals surface area (Å²) in [5, 5.41) is 54.9. The normalized spacial score (nSPS) is 23.9. The number of β-amino-alcohol motifs (C(OH)–C–C–N with tert-alkyl or cyclic N) is 1. The Morgan fingerprint density at radius 3 is 1.78 bits per heavy atom. The summed E-state index contributed by atoms with van der Waals surface area (Å²) < 4.78 is 24.1. The molecule has 6 rings (SSSR count). The zero-order valence-electron chi connectivity index (χ0n) is 29.5. The van der Waals surface area contributed by atoms with Gasteiger partial charge in [0.05, 0.1) is 29.8 Å². The van der Waals surface area contributed by atoms with Gasteiger partial charge in [-0.05, 0) is 67.7 Å². The predicted octanol–water partition coefficient (Wildman–Crippen LogP) is 2.20. The van der Waals surface area contributed by atoms with Crippen LogP contribution in [0.5, 0.6) is 0 Å². The van der Waals surface area contributed by atoms with Crippen molar-refractivity contribution in [3.63, 3.8) is 0 Å². The van der Waals surface area contributed by atoms with E-state index in [0.29, 0.717) is 5.69 Å². The number of rotatable bonds is 13. The molecule has 15 heteroatoms. The van der Waals surface area contributed by atoms with E-state index in [2.05, 4.69) is 0 Å². The quantitative estimate of drug-likeness (QED) is 0.0754. The molecule has 2 heterocycles. The molecule has 5 N–H and O–H groups in total. The summed E-state index contributed by atoms with van der Waals surface area (Å²) in [6, 6.07) is 30.9. The third-order valence-electron chi connectivity index (χ3n) is 9.40. The lowest BCUT2D eigenvalue weighted by molar-refractivity contribution is -0.228. The maximum Gasteiger partial charge on any atom is 0.338 e. The Morgan fingerprint density at radius 1 is 0.782 bits per heavy atom. The number of nitrogens with zero attached hydrogens (tertiary/aromatic N) is 2. The van der Waals surface area contributed by atoms with E-state index in [1.54, 1.807) is 78.9 Å². The summed E-state index contributed by atoms with van der Waals surface area (Å²) >= 11 is 5.91. The molecule has 0 bridgehead atoms. The van der Waals surface area contributed by atoms with Crippen molar-refractivity contribution in [3.8, 4) is 0 Å². The Bertz CT molecular complexity index is 1960. The summed E-state index contributed by atoms with van der Waals surface area (Å²) in [6.45, 7) is -0.174. The molecule has 2 saturated heterocycles. The first-order valence-corrected chi connectivity index (χ1v) is 17.8. The number of hydrogen-bond acceptors (Lipinski definition) is 13. The number of aryl methyl sites for hydroxylation is 1.